The second kappa shape index (κ2) is 8.51. The quantitative estimate of drug-likeness (QED) is 0.763. The number of carboxylic acids is 1. The Morgan fingerprint density at radius 3 is 2.62 bits per heavy atom. The number of rotatable bonds is 7. The van der Waals surface area contributed by atoms with E-state index < -0.39 is 11.9 Å². The average molecular weight is 350 g/mol. The maximum atomic E-state index is 12.1. The highest BCUT2D eigenvalue weighted by atomic mass is 35.5. The van der Waals surface area contributed by atoms with E-state index in [4.69, 9.17) is 28.3 Å². The summed E-state index contributed by atoms with van der Waals surface area (Å²) in [5.41, 5.74) is 0. The number of nitrogens with zero attached hydrogens (tertiary/aromatic N) is 1. The van der Waals surface area contributed by atoms with Gasteiger partial charge in [-0.2, -0.15) is 0 Å². The number of hydrogen-bond acceptors (Lipinski definition) is 3. The molecular formula is C14H17Cl2NO3S. The molecule has 0 aliphatic rings. The summed E-state index contributed by atoms with van der Waals surface area (Å²) in [5, 5.41) is 10.0. The van der Waals surface area contributed by atoms with Crippen molar-refractivity contribution in [2.45, 2.75) is 18.7 Å². The zero-order valence-corrected chi connectivity index (χ0v) is 14.1. The van der Waals surface area contributed by atoms with Crippen LogP contribution in [0.1, 0.15) is 13.8 Å². The van der Waals surface area contributed by atoms with Gasteiger partial charge in [-0.25, -0.2) is 0 Å². The van der Waals surface area contributed by atoms with Gasteiger partial charge in [0.15, 0.2) is 0 Å². The molecule has 1 aromatic rings. The number of amides is 1. The largest absolute Gasteiger partial charge is 0.481 e. The molecule has 0 spiro atoms. The molecule has 1 rings (SSSR count). The van der Waals surface area contributed by atoms with Crippen molar-refractivity contribution in [1.82, 2.24) is 4.90 Å². The third-order valence-electron chi connectivity index (χ3n) is 2.89. The maximum Gasteiger partial charge on any atom is 0.308 e. The van der Waals surface area contributed by atoms with Gasteiger partial charge >= 0.3 is 5.97 Å². The second-order valence-corrected chi connectivity index (χ2v) is 6.40. The number of carboxylic acid groups (broad SMARTS) is 1. The van der Waals surface area contributed by atoms with Crippen molar-refractivity contribution >= 4 is 46.8 Å². The van der Waals surface area contributed by atoms with Gasteiger partial charge in [-0.15, -0.1) is 11.8 Å². The third-order valence-corrected chi connectivity index (χ3v) is 4.61. The number of thioether (sulfide) groups is 1. The predicted octanol–water partition coefficient (Wildman–Crippen LogP) is 3.65. The van der Waals surface area contributed by atoms with Crippen molar-refractivity contribution in [1.29, 1.82) is 0 Å². The molecule has 0 bridgehead atoms. The van der Waals surface area contributed by atoms with Crippen molar-refractivity contribution in [3.05, 3.63) is 28.2 Å². The summed E-state index contributed by atoms with van der Waals surface area (Å²) in [6.07, 6.45) is 0. The van der Waals surface area contributed by atoms with Crippen molar-refractivity contribution in [2.75, 3.05) is 18.8 Å². The summed E-state index contributed by atoms with van der Waals surface area (Å²) in [6, 6.07) is 5.07. The van der Waals surface area contributed by atoms with E-state index in [1.165, 1.54) is 16.7 Å². The molecule has 1 atom stereocenters. The van der Waals surface area contributed by atoms with E-state index in [-0.39, 0.29) is 18.2 Å². The van der Waals surface area contributed by atoms with Crippen LogP contribution < -0.4 is 0 Å². The Morgan fingerprint density at radius 2 is 2.05 bits per heavy atom. The monoisotopic (exact) mass is 349 g/mol. The molecule has 116 valence electrons. The Hall–Kier alpha value is -0.910. The molecule has 21 heavy (non-hydrogen) atoms. The highest BCUT2D eigenvalue weighted by Gasteiger charge is 2.19. The lowest BCUT2D eigenvalue weighted by Crippen LogP contribution is -2.37. The van der Waals surface area contributed by atoms with Gasteiger partial charge in [0.2, 0.25) is 5.91 Å². The van der Waals surface area contributed by atoms with Crippen LogP contribution in [0.25, 0.3) is 0 Å². The topological polar surface area (TPSA) is 57.6 Å². The summed E-state index contributed by atoms with van der Waals surface area (Å²) in [7, 11) is 0. The zero-order valence-electron chi connectivity index (χ0n) is 11.8. The van der Waals surface area contributed by atoms with E-state index in [0.29, 0.717) is 16.6 Å². The summed E-state index contributed by atoms with van der Waals surface area (Å²) in [5.74, 6) is -1.42. The Labute approximate surface area is 138 Å². The van der Waals surface area contributed by atoms with Gasteiger partial charge < -0.3 is 10.0 Å². The molecule has 0 saturated carbocycles. The first kappa shape index (κ1) is 18.1. The summed E-state index contributed by atoms with van der Waals surface area (Å²) in [6.45, 7) is 4.08. The normalized spacial score (nSPS) is 12.0. The van der Waals surface area contributed by atoms with Crippen LogP contribution in [0, 0.1) is 5.92 Å². The Morgan fingerprint density at radius 1 is 1.38 bits per heavy atom. The van der Waals surface area contributed by atoms with Gasteiger partial charge in [0, 0.05) is 23.0 Å². The minimum absolute atomic E-state index is 0.119. The number of hydrogen-bond donors (Lipinski definition) is 1. The van der Waals surface area contributed by atoms with E-state index in [2.05, 4.69) is 0 Å². The van der Waals surface area contributed by atoms with E-state index in [1.54, 1.807) is 25.1 Å². The number of carbonyl (C=O) groups excluding carboxylic acids is 1. The number of halogens is 2. The Kier molecular flexibility index (Phi) is 7.35. The maximum absolute atomic E-state index is 12.1. The molecule has 0 heterocycles. The molecule has 1 amide bonds. The van der Waals surface area contributed by atoms with Crippen LogP contribution in [-0.2, 0) is 9.59 Å². The Balaban J connectivity index is 2.62. The van der Waals surface area contributed by atoms with Crippen LogP contribution in [0.2, 0.25) is 10.0 Å². The zero-order chi connectivity index (χ0) is 16.0. The first-order valence-electron chi connectivity index (χ1n) is 6.43. The van der Waals surface area contributed by atoms with Crippen LogP contribution >= 0.6 is 35.0 Å². The van der Waals surface area contributed by atoms with Crippen molar-refractivity contribution in [3.8, 4) is 0 Å². The SMILES string of the molecule is CCN(CC(C)C(=O)O)C(=O)CSc1cc(Cl)ccc1Cl. The molecule has 0 aliphatic heterocycles. The highest BCUT2D eigenvalue weighted by molar-refractivity contribution is 8.00. The average Bonchev–Trinajstić information content (AvgIpc) is 2.44. The number of benzene rings is 1. The third kappa shape index (κ3) is 5.77. The number of aliphatic carboxylic acids is 1. The molecule has 1 N–H and O–H groups in total. The molecule has 0 radical (unpaired) electrons. The van der Waals surface area contributed by atoms with Crippen molar-refractivity contribution < 1.29 is 14.7 Å². The number of carbonyl (C=O) groups is 2. The smallest absolute Gasteiger partial charge is 0.308 e. The highest BCUT2D eigenvalue weighted by Crippen LogP contribution is 2.30. The standard InChI is InChI=1S/C14H17Cl2NO3S/c1-3-17(7-9(2)14(19)20)13(18)8-21-12-6-10(15)4-5-11(12)16/h4-6,9H,3,7-8H2,1-2H3,(H,19,20). The van der Waals surface area contributed by atoms with Gasteiger partial charge in [0.1, 0.15) is 0 Å². The van der Waals surface area contributed by atoms with E-state index >= 15 is 0 Å². The van der Waals surface area contributed by atoms with E-state index in [0.717, 1.165) is 4.90 Å². The van der Waals surface area contributed by atoms with Crippen LogP contribution in [0.15, 0.2) is 23.1 Å². The fourth-order valence-electron chi connectivity index (χ4n) is 1.63. The summed E-state index contributed by atoms with van der Waals surface area (Å²) >= 11 is 13.2. The minimum Gasteiger partial charge on any atom is -0.481 e. The molecule has 1 unspecified atom stereocenters. The molecule has 0 fully saturated rings. The lowest BCUT2D eigenvalue weighted by atomic mass is 10.2. The summed E-state index contributed by atoms with van der Waals surface area (Å²) < 4.78 is 0. The van der Waals surface area contributed by atoms with E-state index in [1.807, 2.05) is 6.92 Å². The van der Waals surface area contributed by atoms with Crippen molar-refractivity contribution in [2.24, 2.45) is 5.92 Å². The van der Waals surface area contributed by atoms with Crippen LogP contribution in [0.4, 0.5) is 0 Å². The van der Waals surface area contributed by atoms with Gasteiger partial charge in [-0.3, -0.25) is 9.59 Å². The minimum atomic E-state index is -0.910. The molecule has 1 aromatic carbocycles. The Bertz CT molecular complexity index is 525. The first-order chi connectivity index (χ1) is 9.85. The first-order valence-corrected chi connectivity index (χ1v) is 8.17. The van der Waals surface area contributed by atoms with E-state index in [9.17, 15) is 9.59 Å². The van der Waals surface area contributed by atoms with Gasteiger partial charge in [0.05, 0.1) is 16.7 Å². The molecule has 4 nitrogen and oxygen atoms in total. The lowest BCUT2D eigenvalue weighted by Gasteiger charge is -2.22. The van der Waals surface area contributed by atoms with Gasteiger partial charge in [0.25, 0.3) is 0 Å². The molecule has 7 heteroatoms. The lowest BCUT2D eigenvalue weighted by molar-refractivity contribution is -0.142. The fraction of sp³-hybridized carbons (Fsp3) is 0.429. The molecule has 0 aromatic heterocycles. The second-order valence-electron chi connectivity index (χ2n) is 4.54. The van der Waals surface area contributed by atoms with Crippen LogP contribution in [0.5, 0.6) is 0 Å². The van der Waals surface area contributed by atoms with Crippen LogP contribution in [0.3, 0.4) is 0 Å². The molecule has 0 aliphatic carbocycles. The van der Waals surface area contributed by atoms with Crippen molar-refractivity contribution in [3.63, 3.8) is 0 Å². The predicted molar refractivity (Wildman–Crippen MR) is 86.2 cm³/mol. The summed E-state index contributed by atoms with van der Waals surface area (Å²) in [4.78, 5) is 25.3. The molecular weight excluding hydrogens is 333 g/mol. The van der Waals surface area contributed by atoms with Gasteiger partial charge in [-0.1, -0.05) is 30.1 Å². The molecule has 0 saturated heterocycles. The van der Waals surface area contributed by atoms with Crippen LogP contribution in [-0.4, -0.2) is 40.7 Å². The van der Waals surface area contributed by atoms with Gasteiger partial charge in [-0.05, 0) is 25.1 Å². The fourth-order valence-corrected chi connectivity index (χ4v) is 3.03.